The summed E-state index contributed by atoms with van der Waals surface area (Å²) < 4.78 is 28.2. The molecule has 0 spiro atoms. The number of piperazine rings is 1. The van der Waals surface area contributed by atoms with Crippen LogP contribution in [0.3, 0.4) is 0 Å². The summed E-state index contributed by atoms with van der Waals surface area (Å²) in [5.74, 6) is -0.197. The third-order valence-electron chi connectivity index (χ3n) is 6.72. The first kappa shape index (κ1) is 23.1. The van der Waals surface area contributed by atoms with Gasteiger partial charge in [0.1, 0.15) is 6.04 Å². The van der Waals surface area contributed by atoms with E-state index in [9.17, 15) is 18.5 Å². The summed E-state index contributed by atoms with van der Waals surface area (Å²) in [5, 5.41) is 9.71. The van der Waals surface area contributed by atoms with Gasteiger partial charge in [0, 0.05) is 38.3 Å². The molecule has 2 heterocycles. The molecule has 1 amide bonds. The van der Waals surface area contributed by atoms with Crippen molar-refractivity contribution in [2.24, 2.45) is 0 Å². The Morgan fingerprint density at radius 2 is 1.57 bits per heavy atom. The molecule has 35 heavy (non-hydrogen) atoms. The highest BCUT2D eigenvalue weighted by molar-refractivity contribution is 7.92. The number of nitriles is 1. The van der Waals surface area contributed by atoms with Gasteiger partial charge in [0.15, 0.2) is 0 Å². The zero-order valence-electron chi connectivity index (χ0n) is 19.2. The molecule has 8 heteroatoms. The smallest absolute Gasteiger partial charge is 0.264 e. The van der Waals surface area contributed by atoms with E-state index >= 15 is 0 Å². The quantitative estimate of drug-likeness (QED) is 0.552. The van der Waals surface area contributed by atoms with Crippen molar-refractivity contribution in [2.45, 2.75) is 17.4 Å². The van der Waals surface area contributed by atoms with Gasteiger partial charge >= 0.3 is 0 Å². The number of rotatable bonds is 5. The Labute approximate surface area is 205 Å². The Bertz CT molecular complexity index is 1380. The van der Waals surface area contributed by atoms with Crippen LogP contribution in [0.2, 0.25) is 0 Å². The van der Waals surface area contributed by atoms with E-state index < -0.39 is 10.0 Å². The van der Waals surface area contributed by atoms with E-state index in [2.05, 4.69) is 11.0 Å². The van der Waals surface area contributed by atoms with Crippen LogP contribution in [0.1, 0.15) is 27.5 Å². The topological polar surface area (TPSA) is 84.7 Å². The number of carbonyl (C=O) groups is 1. The molecule has 3 aromatic carbocycles. The maximum absolute atomic E-state index is 13.4. The summed E-state index contributed by atoms with van der Waals surface area (Å²) in [7, 11) is -3.77. The van der Waals surface area contributed by atoms with Crippen molar-refractivity contribution in [3.05, 3.63) is 95.6 Å². The molecule has 1 saturated heterocycles. The van der Waals surface area contributed by atoms with Crippen molar-refractivity contribution in [1.82, 2.24) is 9.80 Å². The molecule has 0 saturated carbocycles. The van der Waals surface area contributed by atoms with E-state index in [1.807, 2.05) is 54.6 Å². The van der Waals surface area contributed by atoms with Crippen molar-refractivity contribution >= 4 is 21.6 Å². The lowest BCUT2D eigenvalue weighted by Crippen LogP contribution is -2.49. The number of amides is 1. The maximum atomic E-state index is 13.4. The third kappa shape index (κ3) is 4.41. The van der Waals surface area contributed by atoms with Crippen LogP contribution in [0.4, 0.5) is 5.69 Å². The highest BCUT2D eigenvalue weighted by Crippen LogP contribution is 2.33. The first-order valence-electron chi connectivity index (χ1n) is 11.7. The largest absolute Gasteiger partial charge is 0.336 e. The third-order valence-corrected chi connectivity index (χ3v) is 8.53. The maximum Gasteiger partial charge on any atom is 0.264 e. The average Bonchev–Trinajstić information content (AvgIpc) is 3.35. The summed E-state index contributed by atoms with van der Waals surface area (Å²) in [6, 6.07) is 25.5. The number of nitrogens with zero attached hydrogens (tertiary/aromatic N) is 4. The molecular weight excluding hydrogens is 460 g/mol. The summed E-state index contributed by atoms with van der Waals surface area (Å²) >= 11 is 0. The van der Waals surface area contributed by atoms with Crippen LogP contribution in [0.5, 0.6) is 0 Å². The van der Waals surface area contributed by atoms with Gasteiger partial charge in [-0.3, -0.25) is 14.0 Å². The van der Waals surface area contributed by atoms with Gasteiger partial charge in [-0.2, -0.15) is 5.26 Å². The van der Waals surface area contributed by atoms with Crippen LogP contribution in [0.15, 0.2) is 83.8 Å². The zero-order valence-corrected chi connectivity index (χ0v) is 20.1. The Kier molecular flexibility index (Phi) is 6.29. The summed E-state index contributed by atoms with van der Waals surface area (Å²) in [5.41, 5.74) is 3.00. The van der Waals surface area contributed by atoms with Crippen molar-refractivity contribution in [3.63, 3.8) is 0 Å². The van der Waals surface area contributed by atoms with Gasteiger partial charge < -0.3 is 4.90 Å². The molecule has 3 aromatic rings. The molecule has 0 bridgehead atoms. The summed E-state index contributed by atoms with van der Waals surface area (Å²) in [6.07, 6.45) is 0.672. The fourth-order valence-corrected chi connectivity index (χ4v) is 6.39. The number of hydrogen-bond donors (Lipinski definition) is 0. The second-order valence-corrected chi connectivity index (χ2v) is 10.6. The minimum Gasteiger partial charge on any atom is -0.336 e. The van der Waals surface area contributed by atoms with Gasteiger partial charge in [-0.15, -0.1) is 0 Å². The Hall–Kier alpha value is -3.67. The molecule has 1 atom stereocenters. The normalized spacial score (nSPS) is 17.0. The standard InChI is InChI=1S/C27H26N4O3S/c28-20-26(21-7-2-1-3-8-21)29-15-17-30(18-16-29)27(32)23-10-6-11-24(19-23)35(33,34)31-14-13-22-9-4-5-12-25(22)31/h1-12,19,26H,13-18H2/t26-/m0/s1. The van der Waals surface area contributed by atoms with Gasteiger partial charge in [0.2, 0.25) is 0 Å². The Morgan fingerprint density at radius 1 is 0.857 bits per heavy atom. The minimum absolute atomic E-state index is 0.118. The molecule has 5 rings (SSSR count). The van der Waals surface area contributed by atoms with E-state index in [1.165, 1.54) is 10.4 Å². The first-order chi connectivity index (χ1) is 17.0. The molecular formula is C27H26N4O3S. The van der Waals surface area contributed by atoms with E-state index in [-0.39, 0.29) is 16.8 Å². The van der Waals surface area contributed by atoms with Gasteiger partial charge in [-0.1, -0.05) is 54.6 Å². The van der Waals surface area contributed by atoms with Crippen LogP contribution in [0.25, 0.3) is 0 Å². The van der Waals surface area contributed by atoms with Gasteiger partial charge in [0.05, 0.1) is 16.7 Å². The molecule has 0 N–H and O–H groups in total. The van der Waals surface area contributed by atoms with Crippen molar-refractivity contribution in [1.29, 1.82) is 5.26 Å². The lowest BCUT2D eigenvalue weighted by Gasteiger charge is -2.37. The zero-order chi connectivity index (χ0) is 24.4. The van der Waals surface area contributed by atoms with Crippen LogP contribution >= 0.6 is 0 Å². The first-order valence-corrected chi connectivity index (χ1v) is 13.1. The fourth-order valence-electron chi connectivity index (χ4n) is 4.84. The lowest BCUT2D eigenvalue weighted by atomic mass is 10.1. The highest BCUT2D eigenvalue weighted by Gasteiger charge is 2.32. The van der Waals surface area contributed by atoms with E-state index in [0.717, 1.165) is 11.1 Å². The summed E-state index contributed by atoms with van der Waals surface area (Å²) in [4.78, 5) is 17.2. The number of anilines is 1. The predicted octanol–water partition coefficient (Wildman–Crippen LogP) is 3.46. The van der Waals surface area contributed by atoms with E-state index in [1.54, 1.807) is 23.1 Å². The second kappa shape index (κ2) is 9.53. The van der Waals surface area contributed by atoms with Crippen molar-refractivity contribution in [3.8, 4) is 6.07 Å². The Balaban J connectivity index is 1.30. The Morgan fingerprint density at radius 3 is 2.31 bits per heavy atom. The molecule has 178 valence electrons. The number of fused-ring (bicyclic) bond motifs is 1. The fraction of sp³-hybridized carbons (Fsp3) is 0.259. The molecule has 2 aliphatic rings. The molecule has 1 fully saturated rings. The molecule has 0 radical (unpaired) electrons. The molecule has 2 aliphatic heterocycles. The van der Waals surface area contributed by atoms with Gasteiger partial charge in [-0.25, -0.2) is 8.42 Å². The van der Waals surface area contributed by atoms with Crippen LogP contribution in [-0.4, -0.2) is 56.8 Å². The van der Waals surface area contributed by atoms with Gasteiger partial charge in [0.25, 0.3) is 15.9 Å². The number of para-hydroxylation sites is 1. The highest BCUT2D eigenvalue weighted by atomic mass is 32.2. The van der Waals surface area contributed by atoms with E-state index in [0.29, 0.717) is 50.4 Å². The molecule has 0 unspecified atom stereocenters. The molecule has 0 aromatic heterocycles. The second-order valence-electron chi connectivity index (χ2n) is 8.75. The monoisotopic (exact) mass is 486 g/mol. The predicted molar refractivity (Wildman–Crippen MR) is 133 cm³/mol. The summed E-state index contributed by atoms with van der Waals surface area (Å²) in [6.45, 7) is 2.48. The van der Waals surface area contributed by atoms with Crippen LogP contribution < -0.4 is 4.31 Å². The number of hydrogen-bond acceptors (Lipinski definition) is 5. The molecule has 0 aliphatic carbocycles. The van der Waals surface area contributed by atoms with Crippen molar-refractivity contribution in [2.75, 3.05) is 37.0 Å². The van der Waals surface area contributed by atoms with E-state index in [4.69, 9.17) is 0 Å². The average molecular weight is 487 g/mol. The van der Waals surface area contributed by atoms with Crippen molar-refractivity contribution < 1.29 is 13.2 Å². The number of sulfonamides is 1. The molecule has 7 nitrogen and oxygen atoms in total. The number of carbonyl (C=O) groups excluding carboxylic acids is 1. The lowest BCUT2D eigenvalue weighted by molar-refractivity contribution is 0.0606. The number of benzene rings is 3. The minimum atomic E-state index is -3.77. The van der Waals surface area contributed by atoms with Crippen LogP contribution in [-0.2, 0) is 16.4 Å². The van der Waals surface area contributed by atoms with Crippen LogP contribution in [0, 0.1) is 11.3 Å². The SMILES string of the molecule is N#C[C@@H](c1ccccc1)N1CCN(C(=O)c2cccc(S(=O)(=O)N3CCc4ccccc43)c2)CC1. The van der Waals surface area contributed by atoms with Gasteiger partial charge in [-0.05, 0) is 41.8 Å².